The van der Waals surface area contributed by atoms with Crippen LogP contribution in [-0.4, -0.2) is 19.2 Å². The molecule has 0 aliphatic rings. The van der Waals surface area contributed by atoms with E-state index in [2.05, 4.69) is 30.5 Å². The molecule has 0 aromatic heterocycles. The SMILES string of the molecule is Cc1ccc(NC(=O)NCCOc2cccc(C(C)C)c2)cc1. The van der Waals surface area contributed by atoms with Gasteiger partial charge in [0, 0.05) is 5.69 Å². The predicted octanol–water partition coefficient (Wildman–Crippen LogP) is 4.32. The summed E-state index contributed by atoms with van der Waals surface area (Å²) in [5.41, 5.74) is 3.18. The topological polar surface area (TPSA) is 50.4 Å². The summed E-state index contributed by atoms with van der Waals surface area (Å²) in [5.74, 6) is 1.30. The number of hydrogen-bond acceptors (Lipinski definition) is 2. The number of aryl methyl sites for hydroxylation is 1. The Morgan fingerprint density at radius 3 is 2.57 bits per heavy atom. The average molecular weight is 312 g/mol. The Hall–Kier alpha value is -2.49. The lowest BCUT2D eigenvalue weighted by Crippen LogP contribution is -2.32. The molecule has 0 saturated carbocycles. The van der Waals surface area contributed by atoms with Crippen molar-refractivity contribution in [3.63, 3.8) is 0 Å². The summed E-state index contributed by atoms with van der Waals surface area (Å²) in [5, 5.41) is 5.56. The second-order valence-corrected chi connectivity index (χ2v) is 5.82. The van der Waals surface area contributed by atoms with E-state index < -0.39 is 0 Å². The Labute approximate surface area is 137 Å². The number of anilines is 1. The number of amides is 2. The van der Waals surface area contributed by atoms with Crippen molar-refractivity contribution in [2.45, 2.75) is 26.7 Å². The van der Waals surface area contributed by atoms with Gasteiger partial charge in [-0.25, -0.2) is 4.79 Å². The van der Waals surface area contributed by atoms with Gasteiger partial charge in [0.25, 0.3) is 0 Å². The molecule has 0 saturated heterocycles. The molecule has 0 aliphatic carbocycles. The molecular weight excluding hydrogens is 288 g/mol. The minimum Gasteiger partial charge on any atom is -0.492 e. The van der Waals surface area contributed by atoms with Crippen molar-refractivity contribution >= 4 is 11.7 Å². The van der Waals surface area contributed by atoms with E-state index in [0.717, 1.165) is 17.0 Å². The summed E-state index contributed by atoms with van der Waals surface area (Å²) in [7, 11) is 0. The van der Waals surface area contributed by atoms with Crippen molar-refractivity contribution in [1.29, 1.82) is 0 Å². The normalized spacial score (nSPS) is 10.4. The van der Waals surface area contributed by atoms with Gasteiger partial charge in [0.2, 0.25) is 0 Å². The number of rotatable bonds is 6. The highest BCUT2D eigenvalue weighted by atomic mass is 16.5. The minimum absolute atomic E-state index is 0.228. The maximum Gasteiger partial charge on any atom is 0.319 e. The highest BCUT2D eigenvalue weighted by Crippen LogP contribution is 2.19. The highest BCUT2D eigenvalue weighted by Gasteiger charge is 2.03. The smallest absolute Gasteiger partial charge is 0.319 e. The fourth-order valence-electron chi connectivity index (χ4n) is 2.11. The van der Waals surface area contributed by atoms with Crippen LogP contribution >= 0.6 is 0 Å². The van der Waals surface area contributed by atoms with Crippen LogP contribution in [0.3, 0.4) is 0 Å². The van der Waals surface area contributed by atoms with Crippen LogP contribution in [0.4, 0.5) is 10.5 Å². The van der Waals surface area contributed by atoms with Crippen molar-refractivity contribution in [3.05, 3.63) is 59.7 Å². The van der Waals surface area contributed by atoms with Crippen LogP contribution in [0.2, 0.25) is 0 Å². The predicted molar refractivity (Wildman–Crippen MR) is 94.2 cm³/mol. The number of hydrogen-bond donors (Lipinski definition) is 2. The van der Waals surface area contributed by atoms with Crippen LogP contribution in [-0.2, 0) is 0 Å². The fraction of sp³-hybridized carbons (Fsp3) is 0.316. The zero-order valence-electron chi connectivity index (χ0n) is 13.9. The molecule has 0 fully saturated rings. The summed E-state index contributed by atoms with van der Waals surface area (Å²) in [4.78, 5) is 11.8. The summed E-state index contributed by atoms with van der Waals surface area (Å²) < 4.78 is 5.67. The lowest BCUT2D eigenvalue weighted by atomic mass is 10.0. The standard InChI is InChI=1S/C19H24N2O2/c1-14(2)16-5-4-6-18(13-16)23-12-11-20-19(22)21-17-9-7-15(3)8-10-17/h4-10,13-14H,11-12H2,1-3H3,(H2,20,21,22). The van der Waals surface area contributed by atoms with Gasteiger partial charge < -0.3 is 15.4 Å². The first-order chi connectivity index (χ1) is 11.0. The molecule has 122 valence electrons. The highest BCUT2D eigenvalue weighted by molar-refractivity contribution is 5.89. The third kappa shape index (κ3) is 5.66. The van der Waals surface area contributed by atoms with Crippen molar-refractivity contribution in [2.75, 3.05) is 18.5 Å². The van der Waals surface area contributed by atoms with Crippen LogP contribution in [0.1, 0.15) is 30.9 Å². The zero-order chi connectivity index (χ0) is 16.7. The van der Waals surface area contributed by atoms with Gasteiger partial charge in [0.1, 0.15) is 12.4 Å². The van der Waals surface area contributed by atoms with E-state index in [1.54, 1.807) is 0 Å². The second kappa shape index (κ2) is 8.22. The Balaban J connectivity index is 1.71. The molecule has 0 radical (unpaired) electrons. The van der Waals surface area contributed by atoms with E-state index in [9.17, 15) is 4.79 Å². The van der Waals surface area contributed by atoms with E-state index in [4.69, 9.17) is 4.74 Å². The molecule has 4 heteroatoms. The van der Waals surface area contributed by atoms with E-state index >= 15 is 0 Å². The molecule has 23 heavy (non-hydrogen) atoms. The van der Waals surface area contributed by atoms with Gasteiger partial charge in [-0.3, -0.25) is 0 Å². The first-order valence-corrected chi connectivity index (χ1v) is 7.89. The molecule has 2 aromatic rings. The Morgan fingerprint density at radius 1 is 1.13 bits per heavy atom. The molecule has 0 spiro atoms. The summed E-state index contributed by atoms with van der Waals surface area (Å²) >= 11 is 0. The lowest BCUT2D eigenvalue weighted by molar-refractivity contribution is 0.247. The van der Waals surface area contributed by atoms with Gasteiger partial charge in [-0.1, -0.05) is 43.7 Å². The summed E-state index contributed by atoms with van der Waals surface area (Å²) in [6, 6.07) is 15.5. The number of nitrogens with one attached hydrogen (secondary N) is 2. The van der Waals surface area contributed by atoms with Gasteiger partial charge in [0.05, 0.1) is 6.54 Å². The maximum absolute atomic E-state index is 11.8. The minimum atomic E-state index is -0.228. The summed E-state index contributed by atoms with van der Waals surface area (Å²) in [6.07, 6.45) is 0. The van der Waals surface area contributed by atoms with Crippen molar-refractivity contribution in [2.24, 2.45) is 0 Å². The van der Waals surface area contributed by atoms with Crippen molar-refractivity contribution in [1.82, 2.24) is 5.32 Å². The van der Waals surface area contributed by atoms with Crippen molar-refractivity contribution in [3.8, 4) is 5.75 Å². The first kappa shape index (κ1) is 16.9. The molecule has 0 heterocycles. The van der Waals surface area contributed by atoms with E-state index in [-0.39, 0.29) is 6.03 Å². The summed E-state index contributed by atoms with van der Waals surface area (Å²) in [6.45, 7) is 7.19. The number of benzene rings is 2. The molecule has 2 aromatic carbocycles. The molecule has 0 atom stereocenters. The van der Waals surface area contributed by atoms with E-state index in [1.165, 1.54) is 5.56 Å². The molecule has 0 unspecified atom stereocenters. The van der Waals surface area contributed by atoms with Crippen LogP contribution in [0.25, 0.3) is 0 Å². The number of urea groups is 1. The maximum atomic E-state index is 11.8. The van der Waals surface area contributed by atoms with Crippen LogP contribution in [0, 0.1) is 6.92 Å². The third-order valence-electron chi connectivity index (χ3n) is 3.49. The molecule has 2 amide bonds. The van der Waals surface area contributed by atoms with Crippen molar-refractivity contribution < 1.29 is 9.53 Å². The quantitative estimate of drug-likeness (QED) is 0.781. The van der Waals surface area contributed by atoms with Gasteiger partial charge in [-0.2, -0.15) is 0 Å². The monoisotopic (exact) mass is 312 g/mol. The molecule has 2 N–H and O–H groups in total. The average Bonchev–Trinajstić information content (AvgIpc) is 2.54. The largest absolute Gasteiger partial charge is 0.492 e. The van der Waals surface area contributed by atoms with Gasteiger partial charge in [0.15, 0.2) is 0 Å². The zero-order valence-corrected chi connectivity index (χ0v) is 13.9. The first-order valence-electron chi connectivity index (χ1n) is 7.89. The van der Waals surface area contributed by atoms with E-state index in [0.29, 0.717) is 19.1 Å². The Kier molecular flexibility index (Phi) is 6.03. The lowest BCUT2D eigenvalue weighted by Gasteiger charge is -2.11. The third-order valence-corrected chi connectivity index (χ3v) is 3.49. The van der Waals surface area contributed by atoms with E-state index in [1.807, 2.05) is 49.4 Å². The Morgan fingerprint density at radius 2 is 1.87 bits per heavy atom. The molecular formula is C19H24N2O2. The molecule has 0 bridgehead atoms. The molecule has 2 rings (SSSR count). The fourth-order valence-corrected chi connectivity index (χ4v) is 2.11. The van der Waals surface area contributed by atoms with Crippen LogP contribution < -0.4 is 15.4 Å². The molecule has 4 nitrogen and oxygen atoms in total. The van der Waals surface area contributed by atoms with Gasteiger partial charge >= 0.3 is 6.03 Å². The number of carbonyl (C=O) groups is 1. The number of carbonyl (C=O) groups excluding carboxylic acids is 1. The second-order valence-electron chi connectivity index (χ2n) is 5.82. The van der Waals surface area contributed by atoms with Crippen LogP contribution in [0.15, 0.2) is 48.5 Å². The Bertz CT molecular complexity index is 636. The van der Waals surface area contributed by atoms with Crippen LogP contribution in [0.5, 0.6) is 5.75 Å². The van der Waals surface area contributed by atoms with Gasteiger partial charge in [-0.15, -0.1) is 0 Å². The number of ether oxygens (including phenoxy) is 1. The van der Waals surface area contributed by atoms with Gasteiger partial charge in [-0.05, 0) is 42.7 Å². The molecule has 0 aliphatic heterocycles.